The van der Waals surface area contributed by atoms with Crippen LogP contribution in [0, 0.1) is 11.8 Å². The Morgan fingerprint density at radius 2 is 1.30 bits per heavy atom. The highest BCUT2D eigenvalue weighted by Gasteiger charge is 2.05. The highest BCUT2D eigenvalue weighted by molar-refractivity contribution is 5.15. The van der Waals surface area contributed by atoms with Crippen molar-refractivity contribution in [1.29, 1.82) is 0 Å². The molecule has 4 nitrogen and oxygen atoms in total. The summed E-state index contributed by atoms with van der Waals surface area (Å²) in [6, 6.07) is 0. The summed E-state index contributed by atoms with van der Waals surface area (Å²) in [5, 5.41) is 0. The van der Waals surface area contributed by atoms with Gasteiger partial charge < -0.3 is 18.9 Å². The van der Waals surface area contributed by atoms with Gasteiger partial charge in [-0.15, -0.1) is 0 Å². The maximum Gasteiger partial charge on any atom is 0.168 e. The quantitative estimate of drug-likeness (QED) is 0.431. The van der Waals surface area contributed by atoms with E-state index in [4.69, 9.17) is 18.9 Å². The molecule has 0 unspecified atom stereocenters. The van der Waals surface area contributed by atoms with Gasteiger partial charge in [0.15, 0.2) is 12.6 Å². The van der Waals surface area contributed by atoms with E-state index in [2.05, 4.69) is 11.8 Å². The van der Waals surface area contributed by atoms with Crippen molar-refractivity contribution in [2.24, 2.45) is 0 Å². The van der Waals surface area contributed by atoms with Crippen LogP contribution in [0.2, 0.25) is 0 Å². The number of allylic oxidation sites excluding steroid dienone is 1. The molecule has 0 aliphatic heterocycles. The van der Waals surface area contributed by atoms with Crippen LogP contribution in [0.3, 0.4) is 0 Å². The van der Waals surface area contributed by atoms with Gasteiger partial charge in [0.1, 0.15) is 0 Å². The maximum absolute atomic E-state index is 5.43. The number of rotatable bonds is 11. The Labute approximate surface area is 123 Å². The molecule has 0 saturated heterocycles. The molecule has 0 heterocycles. The fourth-order valence-corrected chi connectivity index (χ4v) is 1.53. The van der Waals surface area contributed by atoms with Gasteiger partial charge in [0.05, 0.1) is 6.42 Å². The minimum Gasteiger partial charge on any atom is -0.353 e. The van der Waals surface area contributed by atoms with Crippen LogP contribution in [0.25, 0.3) is 0 Å². The zero-order valence-corrected chi connectivity index (χ0v) is 13.2. The van der Waals surface area contributed by atoms with E-state index in [0.29, 0.717) is 39.3 Å². The van der Waals surface area contributed by atoms with Gasteiger partial charge in [0.2, 0.25) is 0 Å². The summed E-state index contributed by atoms with van der Waals surface area (Å²) in [7, 11) is 0. The molecule has 0 aliphatic carbocycles. The van der Waals surface area contributed by atoms with Gasteiger partial charge in [-0.3, -0.25) is 0 Å². The molecule has 0 aliphatic rings. The first-order valence-corrected chi connectivity index (χ1v) is 7.38. The summed E-state index contributed by atoms with van der Waals surface area (Å²) in [4.78, 5) is 0. The second-order valence-electron chi connectivity index (χ2n) is 3.84. The van der Waals surface area contributed by atoms with Crippen LogP contribution in [0.4, 0.5) is 0 Å². The van der Waals surface area contributed by atoms with Gasteiger partial charge in [-0.1, -0.05) is 17.9 Å². The number of ether oxygens (including phenoxy) is 4. The normalized spacial score (nSPS) is 11.3. The fraction of sp³-hybridized carbons (Fsp3) is 0.750. The zero-order valence-electron chi connectivity index (χ0n) is 13.2. The van der Waals surface area contributed by atoms with Gasteiger partial charge >= 0.3 is 0 Å². The van der Waals surface area contributed by atoms with Crippen molar-refractivity contribution in [3.05, 3.63) is 12.2 Å². The first-order valence-electron chi connectivity index (χ1n) is 7.38. The van der Waals surface area contributed by atoms with Gasteiger partial charge in [0, 0.05) is 32.8 Å². The Morgan fingerprint density at radius 1 is 0.800 bits per heavy atom. The molecule has 0 aromatic heterocycles. The third-order valence-electron chi connectivity index (χ3n) is 2.31. The van der Waals surface area contributed by atoms with Gasteiger partial charge in [-0.25, -0.2) is 0 Å². The number of hydrogen-bond donors (Lipinski definition) is 0. The lowest BCUT2D eigenvalue weighted by atomic mass is 10.3. The van der Waals surface area contributed by atoms with Gasteiger partial charge in [0.25, 0.3) is 0 Å². The Bertz CT molecular complexity index is 279. The Morgan fingerprint density at radius 3 is 1.80 bits per heavy atom. The largest absolute Gasteiger partial charge is 0.353 e. The van der Waals surface area contributed by atoms with Crippen molar-refractivity contribution < 1.29 is 18.9 Å². The van der Waals surface area contributed by atoms with Gasteiger partial charge in [-0.05, 0) is 33.8 Å². The molecular weight excluding hydrogens is 256 g/mol. The van der Waals surface area contributed by atoms with E-state index in [1.165, 1.54) is 0 Å². The number of hydrogen-bond acceptors (Lipinski definition) is 4. The topological polar surface area (TPSA) is 36.9 Å². The van der Waals surface area contributed by atoms with E-state index >= 15 is 0 Å². The van der Waals surface area contributed by atoms with Crippen molar-refractivity contribution in [2.75, 3.05) is 26.4 Å². The molecule has 0 fully saturated rings. The standard InChI is InChI=1S/C16H28O4/c1-5-17-15(18-6-2)13-11-9-10-12-14-16(19-7-3)20-8-4/h9,11,15-16H,5-8,13-14H2,1-4H3/b11-9+. The minimum atomic E-state index is -0.231. The van der Waals surface area contributed by atoms with Crippen LogP contribution in [-0.2, 0) is 18.9 Å². The third-order valence-corrected chi connectivity index (χ3v) is 2.31. The molecular formula is C16H28O4. The van der Waals surface area contributed by atoms with E-state index in [1.54, 1.807) is 0 Å². The van der Waals surface area contributed by atoms with Crippen molar-refractivity contribution >= 4 is 0 Å². The smallest absolute Gasteiger partial charge is 0.168 e. The predicted octanol–water partition coefficient (Wildman–Crippen LogP) is 3.12. The summed E-state index contributed by atoms with van der Waals surface area (Å²) in [5.41, 5.74) is 0. The third kappa shape index (κ3) is 11.0. The first kappa shape index (κ1) is 19.1. The lowest BCUT2D eigenvalue weighted by Gasteiger charge is -2.14. The molecule has 0 aromatic rings. The van der Waals surface area contributed by atoms with Crippen molar-refractivity contribution in [3.8, 4) is 11.8 Å². The molecule has 116 valence electrons. The summed E-state index contributed by atoms with van der Waals surface area (Å²) in [6.07, 6.45) is 4.65. The molecule has 0 rings (SSSR count). The monoisotopic (exact) mass is 284 g/mol. The predicted molar refractivity (Wildman–Crippen MR) is 80.2 cm³/mol. The summed E-state index contributed by atoms with van der Waals surface area (Å²) < 4.78 is 21.7. The molecule has 0 atom stereocenters. The van der Waals surface area contributed by atoms with Crippen LogP contribution < -0.4 is 0 Å². The summed E-state index contributed by atoms with van der Waals surface area (Å²) in [6.45, 7) is 10.4. The van der Waals surface area contributed by atoms with Crippen LogP contribution in [0.1, 0.15) is 40.5 Å². The highest BCUT2D eigenvalue weighted by atomic mass is 16.7. The Hall–Kier alpha value is -0.860. The van der Waals surface area contributed by atoms with E-state index < -0.39 is 0 Å². The van der Waals surface area contributed by atoms with Crippen LogP contribution in [0.5, 0.6) is 0 Å². The molecule has 0 N–H and O–H groups in total. The van der Waals surface area contributed by atoms with Crippen molar-refractivity contribution in [1.82, 2.24) is 0 Å². The zero-order chi connectivity index (χ0) is 15.1. The van der Waals surface area contributed by atoms with Crippen molar-refractivity contribution in [3.63, 3.8) is 0 Å². The molecule has 0 bridgehead atoms. The van der Waals surface area contributed by atoms with Crippen molar-refractivity contribution in [2.45, 2.75) is 53.1 Å². The fourth-order valence-electron chi connectivity index (χ4n) is 1.53. The SMILES string of the molecule is CCOC(CC#C/C=C/CC(OCC)OCC)OCC. The summed E-state index contributed by atoms with van der Waals surface area (Å²) in [5.74, 6) is 5.99. The lowest BCUT2D eigenvalue weighted by molar-refractivity contribution is -0.133. The Kier molecular flexibility index (Phi) is 13.9. The summed E-state index contributed by atoms with van der Waals surface area (Å²) >= 11 is 0. The van der Waals surface area contributed by atoms with E-state index in [1.807, 2.05) is 39.8 Å². The average Bonchev–Trinajstić information content (AvgIpc) is 2.43. The van der Waals surface area contributed by atoms with Crippen LogP contribution >= 0.6 is 0 Å². The van der Waals surface area contributed by atoms with E-state index in [-0.39, 0.29) is 12.6 Å². The van der Waals surface area contributed by atoms with E-state index in [9.17, 15) is 0 Å². The molecule has 0 radical (unpaired) electrons. The Balaban J connectivity index is 4.00. The average molecular weight is 284 g/mol. The van der Waals surface area contributed by atoms with E-state index in [0.717, 1.165) is 0 Å². The molecule has 0 amide bonds. The maximum atomic E-state index is 5.43. The minimum absolute atomic E-state index is 0.178. The second kappa shape index (κ2) is 14.5. The molecule has 0 spiro atoms. The van der Waals surface area contributed by atoms with Gasteiger partial charge in [-0.2, -0.15) is 0 Å². The molecule has 0 aromatic carbocycles. The lowest BCUT2D eigenvalue weighted by Crippen LogP contribution is -2.16. The molecule has 20 heavy (non-hydrogen) atoms. The van der Waals surface area contributed by atoms with Crippen LogP contribution in [-0.4, -0.2) is 39.0 Å². The first-order chi connectivity index (χ1) is 9.78. The molecule has 4 heteroatoms. The molecule has 0 saturated carbocycles. The highest BCUT2D eigenvalue weighted by Crippen LogP contribution is 2.02. The second-order valence-corrected chi connectivity index (χ2v) is 3.84. The van der Waals surface area contributed by atoms with Crippen LogP contribution in [0.15, 0.2) is 12.2 Å².